The van der Waals surface area contributed by atoms with Crippen LogP contribution in [0.3, 0.4) is 0 Å². The number of nitrogens with zero attached hydrogens (tertiary/aromatic N) is 1. The molecule has 2 amide bonds. The van der Waals surface area contributed by atoms with Crippen LogP contribution in [0.25, 0.3) is 0 Å². The predicted octanol–water partition coefficient (Wildman–Crippen LogP) is 4.51. The third-order valence-corrected chi connectivity index (χ3v) is 4.67. The highest BCUT2D eigenvalue weighted by atomic mass is 35.5. The van der Waals surface area contributed by atoms with Gasteiger partial charge in [0, 0.05) is 21.4 Å². The maximum absolute atomic E-state index is 12.4. The largest absolute Gasteiger partial charge is 0.325 e. The Hall–Kier alpha value is -2.08. The van der Waals surface area contributed by atoms with Crippen LogP contribution in [0, 0.1) is 13.8 Å². The summed E-state index contributed by atoms with van der Waals surface area (Å²) < 4.78 is 0. The molecule has 0 spiro atoms. The number of rotatable bonds is 6. The van der Waals surface area contributed by atoms with E-state index in [9.17, 15) is 9.59 Å². The zero-order chi connectivity index (χ0) is 20.1. The van der Waals surface area contributed by atoms with Crippen LogP contribution in [0.15, 0.2) is 36.4 Å². The molecule has 2 N–H and O–H groups in total. The SMILES string of the molecule is Cc1ccc(C)c(NC(=O)CN(C)[C@H](C)C(=O)Nc2cc(Cl)cc(Cl)c2)c1. The lowest BCUT2D eigenvalue weighted by atomic mass is 10.1. The Morgan fingerprint density at radius 1 is 1.04 bits per heavy atom. The number of nitrogens with one attached hydrogen (secondary N) is 2. The number of anilines is 2. The molecular weight excluding hydrogens is 385 g/mol. The predicted molar refractivity (Wildman–Crippen MR) is 112 cm³/mol. The molecule has 7 heteroatoms. The minimum Gasteiger partial charge on any atom is -0.325 e. The molecule has 0 saturated carbocycles. The fourth-order valence-corrected chi connectivity index (χ4v) is 3.02. The third-order valence-electron chi connectivity index (χ3n) is 4.23. The Bertz CT molecular complexity index is 835. The molecule has 2 aromatic rings. The molecule has 0 saturated heterocycles. The lowest BCUT2D eigenvalue weighted by Gasteiger charge is -2.23. The Labute approximate surface area is 169 Å². The van der Waals surface area contributed by atoms with E-state index in [0.29, 0.717) is 15.7 Å². The topological polar surface area (TPSA) is 61.4 Å². The van der Waals surface area contributed by atoms with Crippen molar-refractivity contribution in [3.05, 3.63) is 57.6 Å². The van der Waals surface area contributed by atoms with Crippen molar-refractivity contribution in [2.45, 2.75) is 26.8 Å². The van der Waals surface area contributed by atoms with E-state index in [1.807, 2.05) is 32.0 Å². The van der Waals surface area contributed by atoms with Crippen molar-refractivity contribution in [1.29, 1.82) is 0 Å². The average molecular weight is 408 g/mol. The van der Waals surface area contributed by atoms with Gasteiger partial charge in [0.15, 0.2) is 0 Å². The number of benzene rings is 2. The zero-order valence-corrected chi connectivity index (χ0v) is 17.3. The Kier molecular flexibility index (Phi) is 7.25. The van der Waals surface area contributed by atoms with E-state index in [1.54, 1.807) is 37.1 Å². The highest BCUT2D eigenvalue weighted by Crippen LogP contribution is 2.22. The number of hydrogen-bond acceptors (Lipinski definition) is 3. The molecule has 0 aliphatic heterocycles. The van der Waals surface area contributed by atoms with E-state index in [0.717, 1.165) is 16.8 Å². The van der Waals surface area contributed by atoms with Gasteiger partial charge >= 0.3 is 0 Å². The highest BCUT2D eigenvalue weighted by molar-refractivity contribution is 6.35. The quantitative estimate of drug-likeness (QED) is 0.740. The Morgan fingerprint density at radius 3 is 2.30 bits per heavy atom. The average Bonchev–Trinajstić information content (AvgIpc) is 2.56. The van der Waals surface area contributed by atoms with E-state index < -0.39 is 6.04 Å². The smallest absolute Gasteiger partial charge is 0.241 e. The van der Waals surface area contributed by atoms with E-state index in [1.165, 1.54) is 0 Å². The van der Waals surface area contributed by atoms with Gasteiger partial charge in [-0.15, -0.1) is 0 Å². The molecule has 0 aliphatic carbocycles. The van der Waals surface area contributed by atoms with Crippen LogP contribution >= 0.6 is 23.2 Å². The Morgan fingerprint density at radius 2 is 1.67 bits per heavy atom. The van der Waals surface area contributed by atoms with Crippen LogP contribution in [0.4, 0.5) is 11.4 Å². The van der Waals surface area contributed by atoms with Crippen LogP contribution in [0.5, 0.6) is 0 Å². The lowest BCUT2D eigenvalue weighted by Crippen LogP contribution is -2.43. The molecule has 0 aromatic heterocycles. The number of carbonyl (C=O) groups excluding carboxylic acids is 2. The summed E-state index contributed by atoms with van der Waals surface area (Å²) in [4.78, 5) is 26.5. The van der Waals surface area contributed by atoms with Crippen molar-refractivity contribution in [2.75, 3.05) is 24.2 Å². The molecule has 0 heterocycles. The van der Waals surface area contributed by atoms with Gasteiger partial charge in [-0.1, -0.05) is 35.3 Å². The van der Waals surface area contributed by atoms with Gasteiger partial charge in [-0.2, -0.15) is 0 Å². The minimum atomic E-state index is -0.521. The minimum absolute atomic E-state index is 0.0816. The summed E-state index contributed by atoms with van der Waals surface area (Å²) in [6, 6.07) is 10.2. The number of hydrogen-bond donors (Lipinski definition) is 2. The molecule has 0 radical (unpaired) electrons. The third kappa shape index (κ3) is 6.24. The summed E-state index contributed by atoms with van der Waals surface area (Å²) >= 11 is 11.9. The summed E-state index contributed by atoms with van der Waals surface area (Å²) in [5.41, 5.74) is 3.34. The first-order valence-corrected chi connectivity index (χ1v) is 9.25. The van der Waals surface area contributed by atoms with Crippen molar-refractivity contribution >= 4 is 46.4 Å². The lowest BCUT2D eigenvalue weighted by molar-refractivity contribution is -0.122. The highest BCUT2D eigenvalue weighted by Gasteiger charge is 2.20. The fraction of sp³-hybridized carbons (Fsp3) is 0.300. The summed E-state index contributed by atoms with van der Waals surface area (Å²) in [7, 11) is 1.72. The summed E-state index contributed by atoms with van der Waals surface area (Å²) in [5, 5.41) is 6.53. The first-order valence-electron chi connectivity index (χ1n) is 8.50. The number of halogens is 2. The second-order valence-electron chi connectivity index (χ2n) is 6.61. The van der Waals surface area contributed by atoms with Gasteiger partial charge in [-0.3, -0.25) is 14.5 Å². The number of aryl methyl sites for hydroxylation is 2. The maximum atomic E-state index is 12.4. The molecule has 0 unspecified atom stereocenters. The number of amides is 2. The van der Waals surface area contributed by atoms with Crippen LogP contribution in [-0.2, 0) is 9.59 Å². The molecule has 0 bridgehead atoms. The van der Waals surface area contributed by atoms with Crippen LogP contribution in [0.2, 0.25) is 10.0 Å². The molecule has 2 aromatic carbocycles. The van der Waals surface area contributed by atoms with E-state index in [4.69, 9.17) is 23.2 Å². The van der Waals surface area contributed by atoms with Crippen molar-refractivity contribution in [2.24, 2.45) is 0 Å². The van der Waals surface area contributed by atoms with Gasteiger partial charge < -0.3 is 10.6 Å². The van der Waals surface area contributed by atoms with Gasteiger partial charge in [0.1, 0.15) is 0 Å². The van der Waals surface area contributed by atoms with Crippen LogP contribution in [0.1, 0.15) is 18.1 Å². The summed E-state index contributed by atoms with van der Waals surface area (Å²) in [6.07, 6.45) is 0. The van der Waals surface area contributed by atoms with Crippen LogP contribution < -0.4 is 10.6 Å². The van der Waals surface area contributed by atoms with Gasteiger partial charge in [0.25, 0.3) is 0 Å². The van der Waals surface area contributed by atoms with Gasteiger partial charge in [-0.05, 0) is 63.2 Å². The van der Waals surface area contributed by atoms with Crippen molar-refractivity contribution in [1.82, 2.24) is 4.90 Å². The van der Waals surface area contributed by atoms with Gasteiger partial charge in [0.2, 0.25) is 11.8 Å². The molecule has 5 nitrogen and oxygen atoms in total. The zero-order valence-electron chi connectivity index (χ0n) is 15.8. The van der Waals surface area contributed by atoms with E-state index >= 15 is 0 Å². The van der Waals surface area contributed by atoms with E-state index in [-0.39, 0.29) is 18.4 Å². The second-order valence-corrected chi connectivity index (χ2v) is 7.48. The van der Waals surface area contributed by atoms with Crippen molar-refractivity contribution in [3.8, 4) is 0 Å². The Balaban J connectivity index is 1.95. The second kappa shape index (κ2) is 9.22. The monoisotopic (exact) mass is 407 g/mol. The normalized spacial score (nSPS) is 12.0. The van der Waals surface area contributed by atoms with E-state index in [2.05, 4.69) is 10.6 Å². The molecule has 0 aliphatic rings. The first-order chi connectivity index (χ1) is 12.7. The van der Waals surface area contributed by atoms with Crippen molar-refractivity contribution < 1.29 is 9.59 Å². The molecule has 1 atom stereocenters. The van der Waals surface area contributed by atoms with Crippen molar-refractivity contribution in [3.63, 3.8) is 0 Å². The standard InChI is InChI=1S/C20H23Cl2N3O2/c1-12-5-6-13(2)18(7-12)24-19(26)11-25(4)14(3)20(27)23-17-9-15(21)8-16(22)10-17/h5-10,14H,11H2,1-4H3,(H,23,27)(H,24,26)/t14-/m1/s1. The van der Waals surface area contributed by atoms with Gasteiger partial charge in [0.05, 0.1) is 12.6 Å². The molecule has 2 rings (SSSR count). The van der Waals surface area contributed by atoms with Crippen LogP contribution in [-0.4, -0.2) is 36.3 Å². The molecule has 27 heavy (non-hydrogen) atoms. The maximum Gasteiger partial charge on any atom is 0.241 e. The molecule has 144 valence electrons. The number of carbonyl (C=O) groups is 2. The fourth-order valence-electron chi connectivity index (χ4n) is 2.50. The first kappa shape index (κ1) is 21.2. The molecule has 0 fully saturated rings. The van der Waals surface area contributed by atoms with Gasteiger partial charge in [-0.25, -0.2) is 0 Å². The molecular formula is C20H23Cl2N3O2. The number of likely N-dealkylation sites (N-methyl/N-ethyl adjacent to an activating group) is 1. The summed E-state index contributed by atoms with van der Waals surface area (Å²) in [6.45, 7) is 5.71. The summed E-state index contributed by atoms with van der Waals surface area (Å²) in [5.74, 6) is -0.438.